The molecule has 1 heterocycles. The molecule has 1 aliphatic heterocycles. The van der Waals surface area contributed by atoms with E-state index < -0.39 is 0 Å². The number of hydrogen-bond donors (Lipinski definition) is 2. The number of carbonyl (C=O) groups is 1. The average molecular weight is 379 g/mol. The molecule has 0 saturated carbocycles. The molecular formula is C13H16ClIN2O. The van der Waals surface area contributed by atoms with Crippen LogP contribution in [0.3, 0.4) is 0 Å². The molecule has 0 spiro atoms. The van der Waals surface area contributed by atoms with Gasteiger partial charge in [-0.3, -0.25) is 4.79 Å². The molecule has 1 aromatic carbocycles. The fourth-order valence-electron chi connectivity index (χ4n) is 2.09. The molecule has 2 N–H and O–H groups in total. The number of hydrogen-bond acceptors (Lipinski definition) is 2. The number of rotatable bonds is 3. The molecule has 0 unspecified atom stereocenters. The summed E-state index contributed by atoms with van der Waals surface area (Å²) < 4.78 is 0.930. The Labute approximate surface area is 126 Å². The van der Waals surface area contributed by atoms with Crippen molar-refractivity contribution < 1.29 is 4.79 Å². The molecule has 0 atom stereocenters. The van der Waals surface area contributed by atoms with Crippen molar-refractivity contribution in [1.29, 1.82) is 0 Å². The Balaban J connectivity index is 1.92. The normalized spacial score (nSPS) is 16.6. The first-order valence-electron chi connectivity index (χ1n) is 6.11. The Morgan fingerprint density at radius 2 is 2.17 bits per heavy atom. The summed E-state index contributed by atoms with van der Waals surface area (Å²) >= 11 is 8.08. The summed E-state index contributed by atoms with van der Waals surface area (Å²) in [6.45, 7) is 2.85. The van der Waals surface area contributed by atoms with Crippen LogP contribution in [0.2, 0.25) is 5.02 Å². The SMILES string of the molecule is O=C(NCC1CCNCC1)c1cc(Cl)ccc1I. The molecular weight excluding hydrogens is 363 g/mol. The second-order valence-corrected chi connectivity index (χ2v) is 6.13. The summed E-state index contributed by atoms with van der Waals surface area (Å²) in [4.78, 5) is 12.1. The zero-order chi connectivity index (χ0) is 13.0. The Morgan fingerprint density at radius 1 is 1.44 bits per heavy atom. The fraction of sp³-hybridized carbons (Fsp3) is 0.462. The van der Waals surface area contributed by atoms with Crippen LogP contribution in [0, 0.1) is 9.49 Å². The van der Waals surface area contributed by atoms with Crippen LogP contribution in [-0.2, 0) is 0 Å². The van der Waals surface area contributed by atoms with Gasteiger partial charge in [0.25, 0.3) is 5.91 Å². The third kappa shape index (κ3) is 3.83. The molecule has 98 valence electrons. The third-order valence-corrected chi connectivity index (χ3v) is 4.36. The molecule has 0 aliphatic carbocycles. The van der Waals surface area contributed by atoms with E-state index in [-0.39, 0.29) is 5.91 Å². The Bertz CT molecular complexity index is 433. The molecule has 1 fully saturated rings. The van der Waals surface area contributed by atoms with Crippen LogP contribution in [0.5, 0.6) is 0 Å². The second kappa shape index (κ2) is 6.73. The van der Waals surface area contributed by atoms with E-state index in [0.29, 0.717) is 16.5 Å². The summed E-state index contributed by atoms with van der Waals surface area (Å²) in [5, 5.41) is 6.93. The topological polar surface area (TPSA) is 41.1 Å². The van der Waals surface area contributed by atoms with Crippen molar-refractivity contribution in [3.63, 3.8) is 0 Å². The molecule has 18 heavy (non-hydrogen) atoms. The van der Waals surface area contributed by atoms with Gasteiger partial charge >= 0.3 is 0 Å². The van der Waals surface area contributed by atoms with Gasteiger partial charge in [0.05, 0.1) is 5.56 Å². The van der Waals surface area contributed by atoms with Crippen LogP contribution in [0.1, 0.15) is 23.2 Å². The van der Waals surface area contributed by atoms with Gasteiger partial charge in [0.2, 0.25) is 0 Å². The second-order valence-electron chi connectivity index (χ2n) is 4.53. The van der Waals surface area contributed by atoms with E-state index in [4.69, 9.17) is 11.6 Å². The van der Waals surface area contributed by atoms with Crippen molar-refractivity contribution in [3.05, 3.63) is 32.4 Å². The Hall–Kier alpha value is -0.330. The summed E-state index contributed by atoms with van der Waals surface area (Å²) in [5.74, 6) is 0.562. The summed E-state index contributed by atoms with van der Waals surface area (Å²) in [5.41, 5.74) is 0.664. The molecule has 3 nitrogen and oxygen atoms in total. The average Bonchev–Trinajstić information content (AvgIpc) is 2.40. The van der Waals surface area contributed by atoms with Gasteiger partial charge in [0, 0.05) is 15.1 Å². The highest BCUT2D eigenvalue weighted by molar-refractivity contribution is 14.1. The number of benzene rings is 1. The van der Waals surface area contributed by atoms with Crippen molar-refractivity contribution in [1.82, 2.24) is 10.6 Å². The lowest BCUT2D eigenvalue weighted by Crippen LogP contribution is -2.36. The van der Waals surface area contributed by atoms with Crippen molar-refractivity contribution in [2.75, 3.05) is 19.6 Å². The highest BCUT2D eigenvalue weighted by Gasteiger charge is 2.15. The van der Waals surface area contributed by atoms with Gasteiger partial charge < -0.3 is 10.6 Å². The highest BCUT2D eigenvalue weighted by atomic mass is 127. The van der Waals surface area contributed by atoms with Crippen LogP contribution in [0.4, 0.5) is 0 Å². The Morgan fingerprint density at radius 3 is 2.89 bits per heavy atom. The van der Waals surface area contributed by atoms with Gasteiger partial charge in [-0.05, 0) is 72.6 Å². The zero-order valence-electron chi connectivity index (χ0n) is 10.0. The molecule has 1 amide bonds. The summed E-state index contributed by atoms with van der Waals surface area (Å²) in [6, 6.07) is 5.39. The quantitative estimate of drug-likeness (QED) is 0.794. The lowest BCUT2D eigenvalue weighted by molar-refractivity contribution is 0.0943. The third-order valence-electron chi connectivity index (χ3n) is 3.18. The van der Waals surface area contributed by atoms with Crippen molar-refractivity contribution in [2.24, 2.45) is 5.92 Å². The van der Waals surface area contributed by atoms with Crippen molar-refractivity contribution in [2.45, 2.75) is 12.8 Å². The molecule has 0 aromatic heterocycles. The van der Waals surface area contributed by atoms with Crippen molar-refractivity contribution >= 4 is 40.1 Å². The van der Waals surface area contributed by atoms with Gasteiger partial charge in [0.1, 0.15) is 0 Å². The summed E-state index contributed by atoms with van der Waals surface area (Å²) in [6.07, 6.45) is 2.26. The largest absolute Gasteiger partial charge is 0.352 e. The number of nitrogens with one attached hydrogen (secondary N) is 2. The molecule has 0 bridgehead atoms. The molecule has 2 rings (SSSR count). The number of halogens is 2. The van der Waals surface area contributed by atoms with E-state index in [0.717, 1.165) is 36.0 Å². The highest BCUT2D eigenvalue weighted by Crippen LogP contribution is 2.18. The predicted octanol–water partition coefficient (Wildman–Crippen LogP) is 2.67. The van der Waals surface area contributed by atoms with Gasteiger partial charge in [-0.2, -0.15) is 0 Å². The molecule has 1 saturated heterocycles. The fourth-order valence-corrected chi connectivity index (χ4v) is 2.84. The standard InChI is InChI=1S/C13H16ClIN2O/c14-10-1-2-12(15)11(7-10)13(18)17-8-9-3-5-16-6-4-9/h1-2,7,9,16H,3-6,8H2,(H,17,18). The minimum Gasteiger partial charge on any atom is -0.352 e. The number of piperidine rings is 1. The van der Waals surface area contributed by atoms with Gasteiger partial charge in [-0.15, -0.1) is 0 Å². The first-order valence-corrected chi connectivity index (χ1v) is 7.56. The van der Waals surface area contributed by atoms with Gasteiger partial charge in [0.15, 0.2) is 0 Å². The maximum atomic E-state index is 12.1. The molecule has 1 aromatic rings. The molecule has 0 radical (unpaired) electrons. The lowest BCUT2D eigenvalue weighted by Gasteiger charge is -2.22. The first kappa shape index (κ1) is 14.1. The van der Waals surface area contributed by atoms with E-state index in [1.807, 2.05) is 6.07 Å². The van der Waals surface area contributed by atoms with Crippen molar-refractivity contribution in [3.8, 4) is 0 Å². The van der Waals surface area contributed by atoms with E-state index in [9.17, 15) is 4.79 Å². The number of carbonyl (C=O) groups excluding carboxylic acids is 1. The lowest BCUT2D eigenvalue weighted by atomic mass is 9.98. The van der Waals surface area contributed by atoms with Crippen LogP contribution in [0.25, 0.3) is 0 Å². The van der Waals surface area contributed by atoms with E-state index >= 15 is 0 Å². The predicted molar refractivity (Wildman–Crippen MR) is 82.1 cm³/mol. The summed E-state index contributed by atoms with van der Waals surface area (Å²) in [7, 11) is 0. The minimum absolute atomic E-state index is 0.0274. The van der Waals surface area contributed by atoms with E-state index in [1.165, 1.54) is 0 Å². The smallest absolute Gasteiger partial charge is 0.252 e. The van der Waals surface area contributed by atoms with Crippen LogP contribution in [-0.4, -0.2) is 25.5 Å². The zero-order valence-corrected chi connectivity index (χ0v) is 12.9. The first-order chi connectivity index (χ1) is 8.66. The number of amides is 1. The molecule has 1 aliphatic rings. The van der Waals surface area contributed by atoms with Gasteiger partial charge in [-0.25, -0.2) is 0 Å². The Kier molecular flexibility index (Phi) is 5.26. The maximum absolute atomic E-state index is 12.1. The molecule has 5 heteroatoms. The van der Waals surface area contributed by atoms with Crippen LogP contribution in [0.15, 0.2) is 18.2 Å². The monoisotopic (exact) mass is 378 g/mol. The van der Waals surface area contributed by atoms with Gasteiger partial charge in [-0.1, -0.05) is 11.6 Å². The van der Waals surface area contributed by atoms with Crippen LogP contribution >= 0.6 is 34.2 Å². The van der Waals surface area contributed by atoms with Crippen LogP contribution < -0.4 is 10.6 Å². The minimum atomic E-state index is -0.0274. The van der Waals surface area contributed by atoms with E-state index in [1.54, 1.807) is 12.1 Å². The van der Waals surface area contributed by atoms with E-state index in [2.05, 4.69) is 33.2 Å². The maximum Gasteiger partial charge on any atom is 0.252 e.